The molecule has 0 unspecified atom stereocenters. The van der Waals surface area contributed by atoms with Crippen molar-refractivity contribution < 1.29 is 0 Å². The maximum Gasteiger partial charge on any atom is 0.0434 e. The number of hydrogen-bond donors (Lipinski definition) is 0. The van der Waals surface area contributed by atoms with E-state index in [-0.39, 0.29) is 0 Å². The van der Waals surface area contributed by atoms with Crippen molar-refractivity contribution in [1.29, 1.82) is 0 Å². The number of benzene rings is 11. The SMILES string of the molecule is c1ccc2c(c1)-c1cccc(-c3cccc4c3sc3ccccc34)c1-c1cc3c4ccccc4c4ccccc4c3cc1-c1cccc(-c3cccc4c3sc3ccccc34)c1-2. The second kappa shape index (κ2) is 13.1. The zero-order valence-corrected chi connectivity index (χ0v) is 35.1. The molecule has 0 atom stereocenters. The molecule has 2 aromatic heterocycles. The smallest absolute Gasteiger partial charge is 0.0434 e. The van der Waals surface area contributed by atoms with Crippen molar-refractivity contribution in [3.05, 3.63) is 206 Å². The molecular formula is C60H34S2. The molecule has 0 fully saturated rings. The minimum absolute atomic E-state index is 1.25. The van der Waals surface area contributed by atoms with Crippen LogP contribution in [0.4, 0.5) is 0 Å². The van der Waals surface area contributed by atoms with Gasteiger partial charge in [0.1, 0.15) is 0 Å². The molecule has 0 saturated heterocycles. The van der Waals surface area contributed by atoms with Gasteiger partial charge in [0.2, 0.25) is 0 Å². The van der Waals surface area contributed by atoms with Crippen LogP contribution in [0.3, 0.4) is 0 Å². The fourth-order valence-electron chi connectivity index (χ4n) is 10.8. The fourth-order valence-corrected chi connectivity index (χ4v) is 13.3. The Kier molecular flexibility index (Phi) is 7.24. The van der Waals surface area contributed by atoms with Crippen LogP contribution in [0.15, 0.2) is 206 Å². The van der Waals surface area contributed by atoms with Gasteiger partial charge in [0, 0.05) is 51.5 Å². The lowest BCUT2D eigenvalue weighted by molar-refractivity contribution is 1.53. The van der Waals surface area contributed by atoms with E-state index in [1.54, 1.807) is 0 Å². The van der Waals surface area contributed by atoms with Crippen molar-refractivity contribution in [2.45, 2.75) is 0 Å². The Hall–Kier alpha value is -7.36. The van der Waals surface area contributed by atoms with Gasteiger partial charge in [-0.2, -0.15) is 0 Å². The molecule has 0 saturated carbocycles. The third-order valence-corrected chi connectivity index (χ3v) is 15.9. The zero-order chi connectivity index (χ0) is 40.5. The molecule has 1 aliphatic carbocycles. The van der Waals surface area contributed by atoms with Crippen molar-refractivity contribution in [3.63, 3.8) is 0 Å². The monoisotopic (exact) mass is 818 g/mol. The topological polar surface area (TPSA) is 0 Å². The van der Waals surface area contributed by atoms with Crippen LogP contribution in [0.1, 0.15) is 0 Å². The predicted molar refractivity (Wildman–Crippen MR) is 271 cm³/mol. The zero-order valence-electron chi connectivity index (χ0n) is 33.4. The normalized spacial score (nSPS) is 12.2. The lowest BCUT2D eigenvalue weighted by atomic mass is 9.75. The number of hydrogen-bond acceptors (Lipinski definition) is 2. The summed E-state index contributed by atoms with van der Waals surface area (Å²) in [5.41, 5.74) is 15.2. The van der Waals surface area contributed by atoms with Gasteiger partial charge in [-0.3, -0.25) is 0 Å². The van der Waals surface area contributed by atoms with Crippen molar-refractivity contribution in [3.8, 4) is 66.8 Å². The quantitative estimate of drug-likeness (QED) is 0.152. The van der Waals surface area contributed by atoms with Crippen LogP contribution in [-0.4, -0.2) is 0 Å². The first-order valence-electron chi connectivity index (χ1n) is 21.3. The van der Waals surface area contributed by atoms with Gasteiger partial charge in [0.25, 0.3) is 0 Å². The molecule has 0 amide bonds. The molecule has 2 heterocycles. The molecule has 0 N–H and O–H groups in total. The summed E-state index contributed by atoms with van der Waals surface area (Å²) in [6.45, 7) is 0. The lowest BCUT2D eigenvalue weighted by Crippen LogP contribution is -2.01. The van der Waals surface area contributed by atoms with Crippen molar-refractivity contribution in [2.75, 3.05) is 0 Å². The molecule has 2 heteroatoms. The van der Waals surface area contributed by atoms with Crippen LogP contribution in [0.25, 0.3) is 139 Å². The van der Waals surface area contributed by atoms with E-state index in [2.05, 4.69) is 206 Å². The molecule has 286 valence electrons. The minimum atomic E-state index is 1.25. The van der Waals surface area contributed by atoms with Crippen molar-refractivity contribution >= 4 is 95.3 Å². The highest BCUT2D eigenvalue weighted by molar-refractivity contribution is 7.26. The summed E-state index contributed by atoms with van der Waals surface area (Å²) in [6, 6.07) is 77.8. The first-order chi connectivity index (χ1) is 30.8. The molecule has 0 bridgehead atoms. The van der Waals surface area contributed by atoms with Crippen LogP contribution in [0, 0.1) is 0 Å². The van der Waals surface area contributed by atoms with E-state index in [0.717, 1.165) is 0 Å². The molecule has 0 radical (unpaired) electrons. The molecule has 0 aliphatic heterocycles. The molecule has 0 nitrogen and oxygen atoms in total. The second-order valence-electron chi connectivity index (χ2n) is 16.6. The molecule has 0 spiro atoms. The van der Waals surface area contributed by atoms with E-state index in [1.807, 2.05) is 22.7 Å². The van der Waals surface area contributed by atoms with Gasteiger partial charge in [-0.15, -0.1) is 22.7 Å². The highest BCUT2D eigenvalue weighted by Crippen LogP contribution is 2.56. The Labute approximate surface area is 366 Å². The summed E-state index contributed by atoms with van der Waals surface area (Å²) in [4.78, 5) is 0. The molecular weight excluding hydrogens is 785 g/mol. The van der Waals surface area contributed by atoms with Crippen molar-refractivity contribution in [2.24, 2.45) is 0 Å². The first-order valence-corrected chi connectivity index (χ1v) is 23.0. The van der Waals surface area contributed by atoms with Crippen LogP contribution in [0.2, 0.25) is 0 Å². The summed E-state index contributed by atoms with van der Waals surface area (Å²) in [5, 5.41) is 13.0. The highest BCUT2D eigenvalue weighted by atomic mass is 32.1. The number of fused-ring (bicyclic) bond motifs is 20. The number of thiophene rings is 2. The largest absolute Gasteiger partial charge is 0.135 e. The third-order valence-electron chi connectivity index (χ3n) is 13.4. The summed E-state index contributed by atoms with van der Waals surface area (Å²) >= 11 is 3.81. The third kappa shape index (κ3) is 4.76. The molecule has 1 aliphatic rings. The first kappa shape index (κ1) is 34.4. The summed E-state index contributed by atoms with van der Waals surface area (Å²) in [5.74, 6) is 0. The van der Waals surface area contributed by atoms with Crippen LogP contribution < -0.4 is 0 Å². The Morgan fingerprint density at radius 1 is 0.194 bits per heavy atom. The Morgan fingerprint density at radius 2 is 0.516 bits per heavy atom. The average molecular weight is 819 g/mol. The van der Waals surface area contributed by atoms with Crippen LogP contribution >= 0.6 is 22.7 Å². The molecule has 11 aromatic carbocycles. The maximum absolute atomic E-state index is 2.55. The summed E-state index contributed by atoms with van der Waals surface area (Å²) in [6.07, 6.45) is 0. The highest BCUT2D eigenvalue weighted by Gasteiger charge is 2.28. The molecule has 14 rings (SSSR count). The van der Waals surface area contributed by atoms with E-state index in [9.17, 15) is 0 Å². The molecule has 62 heavy (non-hydrogen) atoms. The Bertz CT molecular complexity index is 4050. The van der Waals surface area contributed by atoms with E-state index in [4.69, 9.17) is 0 Å². The lowest BCUT2D eigenvalue weighted by Gasteiger charge is -2.27. The van der Waals surface area contributed by atoms with Gasteiger partial charge in [-0.25, -0.2) is 0 Å². The number of rotatable bonds is 2. The van der Waals surface area contributed by atoms with Gasteiger partial charge in [-0.05, 0) is 112 Å². The van der Waals surface area contributed by atoms with Gasteiger partial charge >= 0.3 is 0 Å². The molecule has 13 aromatic rings. The van der Waals surface area contributed by atoms with E-state index in [0.29, 0.717) is 0 Å². The summed E-state index contributed by atoms with van der Waals surface area (Å²) < 4.78 is 5.30. The van der Waals surface area contributed by atoms with Gasteiger partial charge in [0.05, 0.1) is 0 Å². The standard InChI is InChI=1S/C60H34S2/c1-3-17-37-35(15-1)36-16-2-4-18-38(36)52-34-54-53(33-51(37)52)46-26-12-24-44(49-29-13-27-47-40-20-7-9-31-55(40)61-59(47)49)57(46)42-22-6-5-19-39(42)43-23-11-25-45(58(43)54)50-30-14-28-48-41-21-8-10-32-56(41)62-60(48)50/h1-34H. The van der Waals surface area contributed by atoms with Gasteiger partial charge < -0.3 is 0 Å². The second-order valence-corrected chi connectivity index (χ2v) is 18.7. The predicted octanol–water partition coefficient (Wildman–Crippen LogP) is 18.2. The Morgan fingerprint density at radius 3 is 1.05 bits per heavy atom. The van der Waals surface area contributed by atoms with Crippen LogP contribution in [-0.2, 0) is 0 Å². The van der Waals surface area contributed by atoms with E-state index < -0.39 is 0 Å². The summed E-state index contributed by atoms with van der Waals surface area (Å²) in [7, 11) is 0. The van der Waals surface area contributed by atoms with E-state index in [1.165, 1.54) is 139 Å². The van der Waals surface area contributed by atoms with Crippen LogP contribution in [0.5, 0.6) is 0 Å². The fraction of sp³-hybridized carbons (Fsp3) is 0. The van der Waals surface area contributed by atoms with Crippen molar-refractivity contribution in [1.82, 2.24) is 0 Å². The van der Waals surface area contributed by atoms with E-state index >= 15 is 0 Å². The maximum atomic E-state index is 2.55. The van der Waals surface area contributed by atoms with Gasteiger partial charge in [-0.1, -0.05) is 182 Å². The van der Waals surface area contributed by atoms with Gasteiger partial charge in [0.15, 0.2) is 0 Å². The minimum Gasteiger partial charge on any atom is -0.135 e. The Balaban J connectivity index is 1.17. The average Bonchev–Trinajstić information content (AvgIpc) is 3.92.